The normalized spacial score (nSPS) is 19.2. The SMILES string of the molecule is CC(=O)NCCC(=O)N1CCO[C@H](CCCC(C)C)C1. The zero-order valence-corrected chi connectivity index (χ0v) is 13.0. The maximum absolute atomic E-state index is 12.0. The molecule has 116 valence electrons. The molecule has 0 aliphatic carbocycles. The van der Waals surface area contributed by atoms with Crippen LogP contribution in [0.5, 0.6) is 0 Å². The number of carbonyl (C=O) groups is 2. The first kappa shape index (κ1) is 17.0. The third-order valence-electron chi connectivity index (χ3n) is 3.51. The molecule has 0 saturated carbocycles. The predicted octanol–water partition coefficient (Wildman–Crippen LogP) is 1.57. The number of amides is 2. The number of nitrogens with zero attached hydrogens (tertiary/aromatic N) is 1. The van der Waals surface area contributed by atoms with E-state index in [9.17, 15) is 9.59 Å². The zero-order chi connectivity index (χ0) is 15.0. The fourth-order valence-corrected chi connectivity index (χ4v) is 2.38. The van der Waals surface area contributed by atoms with E-state index in [4.69, 9.17) is 4.74 Å². The van der Waals surface area contributed by atoms with Gasteiger partial charge in [-0.3, -0.25) is 9.59 Å². The lowest BCUT2D eigenvalue weighted by Gasteiger charge is -2.33. The molecule has 0 bridgehead atoms. The summed E-state index contributed by atoms with van der Waals surface area (Å²) in [6.07, 6.45) is 3.92. The van der Waals surface area contributed by atoms with Crippen molar-refractivity contribution in [2.24, 2.45) is 5.92 Å². The summed E-state index contributed by atoms with van der Waals surface area (Å²) in [5.41, 5.74) is 0. The molecule has 1 aliphatic rings. The number of nitrogens with one attached hydrogen (secondary N) is 1. The van der Waals surface area contributed by atoms with Crippen molar-refractivity contribution in [2.45, 2.75) is 52.6 Å². The van der Waals surface area contributed by atoms with Crippen molar-refractivity contribution < 1.29 is 14.3 Å². The van der Waals surface area contributed by atoms with E-state index in [1.54, 1.807) is 0 Å². The Morgan fingerprint density at radius 2 is 2.15 bits per heavy atom. The predicted molar refractivity (Wildman–Crippen MR) is 78.3 cm³/mol. The van der Waals surface area contributed by atoms with E-state index in [0.717, 1.165) is 12.8 Å². The van der Waals surface area contributed by atoms with E-state index >= 15 is 0 Å². The Labute approximate surface area is 122 Å². The van der Waals surface area contributed by atoms with Gasteiger partial charge in [0.15, 0.2) is 0 Å². The quantitative estimate of drug-likeness (QED) is 0.772. The van der Waals surface area contributed by atoms with Crippen LogP contribution in [0.2, 0.25) is 0 Å². The summed E-state index contributed by atoms with van der Waals surface area (Å²) < 4.78 is 5.72. The highest BCUT2D eigenvalue weighted by molar-refractivity contribution is 5.78. The summed E-state index contributed by atoms with van der Waals surface area (Å²) in [4.78, 5) is 24.7. The number of hydrogen-bond donors (Lipinski definition) is 1. The molecule has 0 unspecified atom stereocenters. The van der Waals surface area contributed by atoms with Crippen LogP contribution in [0.3, 0.4) is 0 Å². The third kappa shape index (κ3) is 6.89. The molecule has 0 spiro atoms. The Balaban J connectivity index is 2.25. The highest BCUT2D eigenvalue weighted by Gasteiger charge is 2.23. The minimum absolute atomic E-state index is 0.0914. The average Bonchev–Trinajstić information content (AvgIpc) is 2.38. The summed E-state index contributed by atoms with van der Waals surface area (Å²) in [6.45, 7) is 8.31. The van der Waals surface area contributed by atoms with Gasteiger partial charge in [0.2, 0.25) is 11.8 Å². The molecule has 0 radical (unpaired) electrons. The van der Waals surface area contributed by atoms with Crippen LogP contribution in [0.25, 0.3) is 0 Å². The van der Waals surface area contributed by atoms with Gasteiger partial charge in [-0.05, 0) is 12.3 Å². The Hall–Kier alpha value is -1.10. The zero-order valence-electron chi connectivity index (χ0n) is 13.0. The molecule has 0 aromatic heterocycles. The van der Waals surface area contributed by atoms with Crippen molar-refractivity contribution in [1.82, 2.24) is 10.2 Å². The van der Waals surface area contributed by atoms with Crippen LogP contribution in [-0.2, 0) is 14.3 Å². The molecular weight excluding hydrogens is 256 g/mol. The van der Waals surface area contributed by atoms with E-state index in [0.29, 0.717) is 38.6 Å². The lowest BCUT2D eigenvalue weighted by atomic mass is 10.0. The second-order valence-corrected chi connectivity index (χ2v) is 5.89. The maximum atomic E-state index is 12.0. The van der Waals surface area contributed by atoms with E-state index in [1.807, 2.05) is 4.90 Å². The standard InChI is InChI=1S/C15H28N2O3/c1-12(2)5-4-6-14-11-17(9-10-20-14)15(19)7-8-16-13(3)18/h12,14H,4-11H2,1-3H3,(H,16,18)/t14-/m1/s1. The molecule has 1 N–H and O–H groups in total. The van der Waals surface area contributed by atoms with E-state index < -0.39 is 0 Å². The van der Waals surface area contributed by atoms with Crippen LogP contribution >= 0.6 is 0 Å². The number of rotatable bonds is 7. The van der Waals surface area contributed by atoms with Crippen molar-refractivity contribution in [3.05, 3.63) is 0 Å². The Morgan fingerprint density at radius 3 is 2.80 bits per heavy atom. The molecule has 0 aromatic carbocycles. The lowest BCUT2D eigenvalue weighted by molar-refractivity contribution is -0.139. The molecule has 1 atom stereocenters. The Morgan fingerprint density at radius 1 is 1.40 bits per heavy atom. The van der Waals surface area contributed by atoms with E-state index in [-0.39, 0.29) is 17.9 Å². The first-order valence-electron chi connectivity index (χ1n) is 7.63. The van der Waals surface area contributed by atoms with Gasteiger partial charge in [0.25, 0.3) is 0 Å². The monoisotopic (exact) mass is 284 g/mol. The molecule has 5 nitrogen and oxygen atoms in total. The average molecular weight is 284 g/mol. The van der Waals surface area contributed by atoms with Gasteiger partial charge in [-0.1, -0.05) is 26.7 Å². The van der Waals surface area contributed by atoms with Gasteiger partial charge in [0, 0.05) is 33.0 Å². The molecule has 5 heteroatoms. The van der Waals surface area contributed by atoms with Crippen LogP contribution < -0.4 is 5.32 Å². The van der Waals surface area contributed by atoms with Gasteiger partial charge in [0.1, 0.15) is 0 Å². The van der Waals surface area contributed by atoms with Gasteiger partial charge in [-0.15, -0.1) is 0 Å². The third-order valence-corrected chi connectivity index (χ3v) is 3.51. The molecule has 1 saturated heterocycles. The molecule has 1 rings (SSSR count). The number of carbonyl (C=O) groups excluding carboxylic acids is 2. The fourth-order valence-electron chi connectivity index (χ4n) is 2.38. The Bertz CT molecular complexity index is 318. The second kappa shape index (κ2) is 8.95. The van der Waals surface area contributed by atoms with Gasteiger partial charge >= 0.3 is 0 Å². The van der Waals surface area contributed by atoms with Crippen LogP contribution in [0.1, 0.15) is 46.5 Å². The minimum Gasteiger partial charge on any atom is -0.375 e. The van der Waals surface area contributed by atoms with Crippen molar-refractivity contribution in [3.63, 3.8) is 0 Å². The number of ether oxygens (including phenoxy) is 1. The van der Waals surface area contributed by atoms with E-state index in [1.165, 1.54) is 13.3 Å². The molecule has 2 amide bonds. The summed E-state index contributed by atoms with van der Waals surface area (Å²) in [7, 11) is 0. The van der Waals surface area contributed by atoms with Crippen LogP contribution in [0.15, 0.2) is 0 Å². The van der Waals surface area contributed by atoms with Gasteiger partial charge in [0.05, 0.1) is 12.7 Å². The van der Waals surface area contributed by atoms with Crippen molar-refractivity contribution in [2.75, 3.05) is 26.2 Å². The van der Waals surface area contributed by atoms with Crippen LogP contribution in [0, 0.1) is 5.92 Å². The smallest absolute Gasteiger partial charge is 0.224 e. The van der Waals surface area contributed by atoms with Gasteiger partial charge in [-0.2, -0.15) is 0 Å². The van der Waals surface area contributed by atoms with Crippen molar-refractivity contribution >= 4 is 11.8 Å². The first-order valence-corrected chi connectivity index (χ1v) is 7.63. The fraction of sp³-hybridized carbons (Fsp3) is 0.867. The van der Waals surface area contributed by atoms with Gasteiger partial charge < -0.3 is 15.0 Å². The number of morpholine rings is 1. The summed E-state index contributed by atoms with van der Waals surface area (Å²) in [5.74, 6) is 0.733. The van der Waals surface area contributed by atoms with Gasteiger partial charge in [-0.25, -0.2) is 0 Å². The summed E-state index contributed by atoms with van der Waals surface area (Å²) in [6, 6.07) is 0. The highest BCUT2D eigenvalue weighted by Crippen LogP contribution is 2.15. The minimum atomic E-state index is -0.0914. The lowest BCUT2D eigenvalue weighted by Crippen LogP contribution is -2.46. The topological polar surface area (TPSA) is 58.6 Å². The summed E-state index contributed by atoms with van der Waals surface area (Å²) >= 11 is 0. The molecule has 1 aliphatic heterocycles. The van der Waals surface area contributed by atoms with Crippen molar-refractivity contribution in [3.8, 4) is 0 Å². The van der Waals surface area contributed by atoms with Crippen LogP contribution in [-0.4, -0.2) is 49.1 Å². The molecular formula is C15H28N2O3. The maximum Gasteiger partial charge on any atom is 0.224 e. The first-order chi connectivity index (χ1) is 9.49. The molecule has 1 fully saturated rings. The highest BCUT2D eigenvalue weighted by atomic mass is 16.5. The largest absolute Gasteiger partial charge is 0.375 e. The molecule has 0 aromatic rings. The molecule has 20 heavy (non-hydrogen) atoms. The second-order valence-electron chi connectivity index (χ2n) is 5.89. The van der Waals surface area contributed by atoms with E-state index in [2.05, 4.69) is 19.2 Å². The Kier molecular flexibility index (Phi) is 7.59. The number of hydrogen-bond acceptors (Lipinski definition) is 3. The van der Waals surface area contributed by atoms with Crippen LogP contribution in [0.4, 0.5) is 0 Å². The summed E-state index contributed by atoms with van der Waals surface area (Å²) in [5, 5.41) is 2.66. The molecule has 1 heterocycles. The van der Waals surface area contributed by atoms with Crippen molar-refractivity contribution in [1.29, 1.82) is 0 Å².